The van der Waals surface area contributed by atoms with Crippen LogP contribution in [-0.2, 0) is 11.2 Å². The Morgan fingerprint density at radius 2 is 2.14 bits per heavy atom. The van der Waals surface area contributed by atoms with Gasteiger partial charge in [0.15, 0.2) is 0 Å². The minimum absolute atomic E-state index is 0.0172. The normalized spacial score (nSPS) is 10.4. The molecule has 0 saturated carbocycles. The summed E-state index contributed by atoms with van der Waals surface area (Å²) in [6.07, 6.45) is 2.15. The zero-order chi connectivity index (χ0) is 15.2. The maximum Gasteiger partial charge on any atom is 0.226 e. The first-order valence-corrected chi connectivity index (χ1v) is 7.63. The number of benzene rings is 1. The van der Waals surface area contributed by atoms with Gasteiger partial charge in [-0.15, -0.1) is 10.2 Å². The number of hydrogen-bond acceptors (Lipinski definition) is 5. The Morgan fingerprint density at radius 3 is 2.76 bits per heavy atom. The van der Waals surface area contributed by atoms with Gasteiger partial charge in [-0.25, -0.2) is 0 Å². The first-order valence-electron chi connectivity index (χ1n) is 6.82. The highest BCUT2D eigenvalue weighted by Gasteiger charge is 2.07. The second kappa shape index (κ2) is 7.17. The predicted molar refractivity (Wildman–Crippen MR) is 83.9 cm³/mol. The van der Waals surface area contributed by atoms with E-state index in [2.05, 4.69) is 21.6 Å². The third kappa shape index (κ3) is 4.53. The van der Waals surface area contributed by atoms with Crippen LogP contribution in [0.4, 0.5) is 5.13 Å². The van der Waals surface area contributed by atoms with Crippen molar-refractivity contribution in [2.24, 2.45) is 0 Å². The van der Waals surface area contributed by atoms with Crippen LogP contribution in [0.2, 0.25) is 0 Å². The molecule has 1 aromatic heterocycles. The number of methoxy groups -OCH3 is 1. The number of carbonyl (C=O) groups is 1. The largest absolute Gasteiger partial charge is 0.496 e. The van der Waals surface area contributed by atoms with Crippen molar-refractivity contribution in [1.82, 2.24) is 10.2 Å². The van der Waals surface area contributed by atoms with Crippen molar-refractivity contribution in [3.63, 3.8) is 0 Å². The van der Waals surface area contributed by atoms with E-state index in [-0.39, 0.29) is 5.91 Å². The molecule has 2 aromatic rings. The smallest absolute Gasteiger partial charge is 0.226 e. The Labute approximate surface area is 128 Å². The summed E-state index contributed by atoms with van der Waals surface area (Å²) >= 11 is 1.38. The predicted octanol–water partition coefficient (Wildman–Crippen LogP) is 3.12. The zero-order valence-electron chi connectivity index (χ0n) is 12.5. The van der Waals surface area contributed by atoms with Crippen molar-refractivity contribution in [2.45, 2.75) is 33.1 Å². The number of amides is 1. The standard InChI is InChI=1S/C15H19N3O2S/c1-10-9-12(7-8-13(10)20-3)5-4-6-14(19)16-15-18-17-11(2)21-15/h7-9H,4-6H2,1-3H3,(H,16,18,19). The van der Waals surface area contributed by atoms with E-state index in [0.29, 0.717) is 11.6 Å². The zero-order valence-corrected chi connectivity index (χ0v) is 13.3. The van der Waals surface area contributed by atoms with Crippen LogP contribution in [0.1, 0.15) is 29.0 Å². The van der Waals surface area contributed by atoms with E-state index in [1.165, 1.54) is 16.9 Å². The second-order valence-electron chi connectivity index (χ2n) is 4.83. The summed E-state index contributed by atoms with van der Waals surface area (Å²) < 4.78 is 5.24. The SMILES string of the molecule is COc1ccc(CCCC(=O)Nc2nnc(C)s2)cc1C. The molecule has 0 aliphatic carbocycles. The topological polar surface area (TPSA) is 64.1 Å². The maximum absolute atomic E-state index is 11.8. The van der Waals surface area contributed by atoms with Gasteiger partial charge in [-0.2, -0.15) is 0 Å². The first kappa shape index (κ1) is 15.4. The average molecular weight is 305 g/mol. The minimum Gasteiger partial charge on any atom is -0.496 e. The van der Waals surface area contributed by atoms with Gasteiger partial charge >= 0.3 is 0 Å². The van der Waals surface area contributed by atoms with E-state index in [4.69, 9.17) is 4.74 Å². The summed E-state index contributed by atoms with van der Waals surface area (Å²) in [7, 11) is 1.67. The number of nitrogens with zero attached hydrogens (tertiary/aromatic N) is 2. The molecule has 0 fully saturated rings. The summed E-state index contributed by atoms with van der Waals surface area (Å²) in [4.78, 5) is 11.8. The molecule has 112 valence electrons. The summed E-state index contributed by atoms with van der Waals surface area (Å²) in [5, 5.41) is 11.9. The van der Waals surface area contributed by atoms with Crippen LogP contribution < -0.4 is 10.1 Å². The lowest BCUT2D eigenvalue weighted by Crippen LogP contribution is -2.11. The van der Waals surface area contributed by atoms with E-state index in [0.717, 1.165) is 29.2 Å². The second-order valence-corrected chi connectivity index (χ2v) is 6.01. The number of aryl methyl sites for hydroxylation is 3. The van der Waals surface area contributed by atoms with Gasteiger partial charge < -0.3 is 10.1 Å². The molecule has 1 heterocycles. The van der Waals surface area contributed by atoms with E-state index in [9.17, 15) is 4.79 Å². The number of ether oxygens (including phenoxy) is 1. The number of aromatic nitrogens is 2. The molecular formula is C15H19N3O2S. The number of anilines is 1. The molecule has 0 spiro atoms. The number of nitrogens with one attached hydrogen (secondary N) is 1. The molecule has 0 bridgehead atoms. The highest BCUT2D eigenvalue weighted by molar-refractivity contribution is 7.15. The molecule has 1 aromatic carbocycles. The molecule has 0 saturated heterocycles. The van der Waals surface area contributed by atoms with Crippen molar-refractivity contribution in [3.05, 3.63) is 34.3 Å². The quantitative estimate of drug-likeness (QED) is 0.890. The van der Waals surface area contributed by atoms with Crippen molar-refractivity contribution in [3.8, 4) is 5.75 Å². The average Bonchev–Trinajstić information content (AvgIpc) is 2.84. The molecular weight excluding hydrogens is 286 g/mol. The Kier molecular flexibility index (Phi) is 5.27. The van der Waals surface area contributed by atoms with E-state index in [1.54, 1.807) is 7.11 Å². The lowest BCUT2D eigenvalue weighted by Gasteiger charge is -2.07. The van der Waals surface area contributed by atoms with Gasteiger partial charge in [0.1, 0.15) is 10.8 Å². The van der Waals surface area contributed by atoms with Crippen molar-refractivity contribution < 1.29 is 9.53 Å². The van der Waals surface area contributed by atoms with Crippen LogP contribution in [0.3, 0.4) is 0 Å². The third-order valence-electron chi connectivity index (χ3n) is 3.10. The van der Waals surface area contributed by atoms with Crippen molar-refractivity contribution in [2.75, 3.05) is 12.4 Å². The third-order valence-corrected chi connectivity index (χ3v) is 3.86. The number of rotatable bonds is 6. The summed E-state index contributed by atoms with van der Waals surface area (Å²) in [5.74, 6) is 0.875. The molecule has 1 N–H and O–H groups in total. The van der Waals surface area contributed by atoms with E-state index < -0.39 is 0 Å². The molecule has 1 amide bonds. The fraction of sp³-hybridized carbons (Fsp3) is 0.400. The van der Waals surface area contributed by atoms with Crippen LogP contribution in [0.15, 0.2) is 18.2 Å². The van der Waals surface area contributed by atoms with Crippen LogP contribution in [0.25, 0.3) is 0 Å². The Morgan fingerprint density at radius 1 is 1.33 bits per heavy atom. The van der Waals surface area contributed by atoms with Crippen LogP contribution in [-0.4, -0.2) is 23.2 Å². The molecule has 0 atom stereocenters. The molecule has 2 rings (SSSR count). The number of carbonyl (C=O) groups excluding carboxylic acids is 1. The molecule has 5 nitrogen and oxygen atoms in total. The van der Waals surface area contributed by atoms with Crippen molar-refractivity contribution in [1.29, 1.82) is 0 Å². The Balaban J connectivity index is 1.78. The van der Waals surface area contributed by atoms with Crippen LogP contribution in [0, 0.1) is 13.8 Å². The summed E-state index contributed by atoms with van der Waals surface area (Å²) in [5.41, 5.74) is 2.33. The summed E-state index contributed by atoms with van der Waals surface area (Å²) in [6.45, 7) is 3.88. The van der Waals surface area contributed by atoms with Gasteiger partial charge in [-0.05, 0) is 43.9 Å². The van der Waals surface area contributed by atoms with E-state index >= 15 is 0 Å². The fourth-order valence-corrected chi connectivity index (χ4v) is 2.69. The van der Waals surface area contributed by atoms with Gasteiger partial charge in [0, 0.05) is 6.42 Å². The molecule has 6 heteroatoms. The Bertz CT molecular complexity index is 625. The first-order chi connectivity index (χ1) is 10.1. The number of hydrogen-bond donors (Lipinski definition) is 1. The van der Waals surface area contributed by atoms with Crippen molar-refractivity contribution >= 4 is 22.4 Å². The summed E-state index contributed by atoms with van der Waals surface area (Å²) in [6, 6.07) is 6.11. The molecule has 0 aliphatic rings. The van der Waals surface area contributed by atoms with Gasteiger partial charge in [0.05, 0.1) is 7.11 Å². The molecule has 0 unspecified atom stereocenters. The van der Waals surface area contributed by atoms with Gasteiger partial charge in [0.2, 0.25) is 11.0 Å². The molecule has 21 heavy (non-hydrogen) atoms. The highest BCUT2D eigenvalue weighted by atomic mass is 32.1. The molecule has 0 aliphatic heterocycles. The highest BCUT2D eigenvalue weighted by Crippen LogP contribution is 2.20. The van der Waals surface area contributed by atoms with Crippen LogP contribution >= 0.6 is 11.3 Å². The fourth-order valence-electron chi connectivity index (χ4n) is 2.08. The minimum atomic E-state index is -0.0172. The maximum atomic E-state index is 11.8. The van der Waals surface area contributed by atoms with E-state index in [1.807, 2.05) is 26.0 Å². The monoisotopic (exact) mass is 305 g/mol. The van der Waals surface area contributed by atoms with Crippen LogP contribution in [0.5, 0.6) is 5.75 Å². The van der Waals surface area contributed by atoms with Gasteiger partial charge in [0.25, 0.3) is 0 Å². The lowest BCUT2D eigenvalue weighted by molar-refractivity contribution is -0.116. The Hall–Kier alpha value is -1.95. The van der Waals surface area contributed by atoms with Gasteiger partial charge in [-0.3, -0.25) is 4.79 Å². The van der Waals surface area contributed by atoms with Gasteiger partial charge in [-0.1, -0.05) is 23.5 Å². The molecule has 0 radical (unpaired) electrons. The lowest BCUT2D eigenvalue weighted by atomic mass is 10.0.